The van der Waals surface area contributed by atoms with Gasteiger partial charge in [-0.05, 0) is 48.9 Å². The first-order valence-electron chi connectivity index (χ1n) is 10.2. The zero-order valence-corrected chi connectivity index (χ0v) is 17.5. The maximum atomic E-state index is 9.78. The van der Waals surface area contributed by atoms with E-state index in [1.165, 1.54) is 0 Å². The van der Waals surface area contributed by atoms with E-state index in [-0.39, 0.29) is 6.61 Å². The second-order valence-corrected chi connectivity index (χ2v) is 7.42. The fraction of sp³-hybridized carbons (Fsp3) is 0.200. The van der Waals surface area contributed by atoms with Gasteiger partial charge in [-0.1, -0.05) is 29.1 Å². The van der Waals surface area contributed by atoms with Crippen LogP contribution in [0.2, 0.25) is 0 Å². The van der Waals surface area contributed by atoms with Gasteiger partial charge in [0.2, 0.25) is 0 Å². The predicted octanol–water partition coefficient (Wildman–Crippen LogP) is 3.07. The number of aliphatic hydroxyl groups excluding tert-OH is 3. The minimum absolute atomic E-state index is 0.309. The molecule has 2 aromatic heterocycles. The molecule has 32 heavy (non-hydrogen) atoms. The highest BCUT2D eigenvalue weighted by Crippen LogP contribution is 2.22. The highest BCUT2D eigenvalue weighted by Gasteiger charge is 2.12. The molecule has 1 unspecified atom stereocenters. The van der Waals surface area contributed by atoms with Crippen LogP contribution in [0.3, 0.4) is 0 Å². The van der Waals surface area contributed by atoms with E-state index in [1.807, 2.05) is 47.0 Å². The summed E-state index contributed by atoms with van der Waals surface area (Å²) in [5.41, 5.74) is 3.95. The second kappa shape index (κ2) is 9.62. The molecule has 3 N–H and O–H groups in total. The van der Waals surface area contributed by atoms with Crippen LogP contribution in [0.15, 0.2) is 71.5 Å². The van der Waals surface area contributed by atoms with E-state index in [4.69, 9.17) is 9.63 Å². The molecular formula is C25H23N3O4. The molecule has 0 saturated carbocycles. The molecule has 0 aliphatic heterocycles. The Kier molecular flexibility index (Phi) is 6.47. The van der Waals surface area contributed by atoms with Crippen LogP contribution in [0, 0.1) is 11.8 Å². The van der Waals surface area contributed by atoms with Crippen LogP contribution in [0.4, 0.5) is 0 Å². The van der Waals surface area contributed by atoms with Crippen molar-refractivity contribution < 1.29 is 19.8 Å². The molecule has 0 bridgehead atoms. The Morgan fingerprint density at radius 3 is 2.28 bits per heavy atom. The lowest BCUT2D eigenvalue weighted by molar-refractivity contribution is 0.0956. The highest BCUT2D eigenvalue weighted by molar-refractivity contribution is 5.59. The van der Waals surface area contributed by atoms with Crippen LogP contribution in [0.5, 0.6) is 0 Å². The first-order chi connectivity index (χ1) is 15.5. The number of hydrogen-bond donors (Lipinski definition) is 3. The lowest BCUT2D eigenvalue weighted by Crippen LogP contribution is -2.07. The quantitative estimate of drug-likeness (QED) is 0.407. The Bertz CT molecular complexity index is 1230. The fourth-order valence-corrected chi connectivity index (χ4v) is 3.28. The van der Waals surface area contributed by atoms with Crippen molar-refractivity contribution in [3.05, 3.63) is 95.2 Å². The topological polar surface area (TPSA) is 105 Å². The van der Waals surface area contributed by atoms with Crippen molar-refractivity contribution >= 4 is 0 Å². The summed E-state index contributed by atoms with van der Waals surface area (Å²) < 4.78 is 7.32. The van der Waals surface area contributed by atoms with Crippen LogP contribution in [0.25, 0.3) is 11.3 Å². The summed E-state index contributed by atoms with van der Waals surface area (Å²) in [6.07, 6.45) is 1.92. The molecule has 0 radical (unpaired) electrons. The van der Waals surface area contributed by atoms with Crippen LogP contribution >= 0.6 is 0 Å². The zero-order valence-electron chi connectivity index (χ0n) is 17.5. The maximum Gasteiger partial charge on any atom is 0.167 e. The van der Waals surface area contributed by atoms with E-state index in [9.17, 15) is 10.2 Å². The molecule has 2 heterocycles. The number of rotatable bonds is 6. The van der Waals surface area contributed by atoms with Gasteiger partial charge in [0.1, 0.15) is 23.7 Å². The Morgan fingerprint density at radius 2 is 1.66 bits per heavy atom. The van der Waals surface area contributed by atoms with Crippen LogP contribution < -0.4 is 0 Å². The third kappa shape index (κ3) is 4.95. The predicted molar refractivity (Wildman–Crippen MR) is 118 cm³/mol. The van der Waals surface area contributed by atoms with E-state index in [0.717, 1.165) is 22.4 Å². The van der Waals surface area contributed by atoms with Gasteiger partial charge in [-0.2, -0.15) is 0 Å². The molecule has 2 atom stereocenters. The van der Waals surface area contributed by atoms with E-state index < -0.39 is 12.2 Å². The van der Waals surface area contributed by atoms with Crippen molar-refractivity contribution in [2.75, 3.05) is 6.61 Å². The minimum atomic E-state index is -0.874. The number of hydrogen-bond acceptors (Lipinski definition) is 6. The van der Waals surface area contributed by atoms with Crippen molar-refractivity contribution in [1.82, 2.24) is 14.7 Å². The monoisotopic (exact) mass is 429 g/mol. The smallest absolute Gasteiger partial charge is 0.167 e. The average molecular weight is 429 g/mol. The van der Waals surface area contributed by atoms with Crippen molar-refractivity contribution in [3.8, 4) is 23.2 Å². The van der Waals surface area contributed by atoms with Crippen LogP contribution in [-0.2, 0) is 6.54 Å². The van der Waals surface area contributed by atoms with Gasteiger partial charge >= 0.3 is 0 Å². The van der Waals surface area contributed by atoms with Gasteiger partial charge in [-0.15, -0.1) is 0 Å². The summed E-state index contributed by atoms with van der Waals surface area (Å²) in [7, 11) is 0. The summed E-state index contributed by atoms with van der Waals surface area (Å²) in [6, 6.07) is 16.7. The summed E-state index contributed by atoms with van der Waals surface area (Å²) in [5, 5.41) is 32.5. The highest BCUT2D eigenvalue weighted by atomic mass is 16.5. The Labute approximate surface area is 185 Å². The molecular weight excluding hydrogens is 406 g/mol. The van der Waals surface area contributed by atoms with Crippen molar-refractivity contribution in [1.29, 1.82) is 0 Å². The molecule has 2 aromatic carbocycles. The fourth-order valence-electron chi connectivity index (χ4n) is 3.28. The number of aliphatic hydroxyl groups is 3. The van der Waals surface area contributed by atoms with E-state index in [2.05, 4.69) is 22.0 Å². The molecule has 0 amide bonds. The minimum Gasteiger partial charge on any atom is -0.393 e. The van der Waals surface area contributed by atoms with Gasteiger partial charge in [0.15, 0.2) is 5.76 Å². The maximum absolute atomic E-state index is 9.78. The normalized spacial score (nSPS) is 12.8. The van der Waals surface area contributed by atoms with Crippen molar-refractivity contribution in [3.63, 3.8) is 0 Å². The lowest BCUT2D eigenvalue weighted by atomic mass is 10.1. The molecule has 4 rings (SSSR count). The van der Waals surface area contributed by atoms with Gasteiger partial charge in [0.25, 0.3) is 0 Å². The molecule has 0 saturated heterocycles. The largest absolute Gasteiger partial charge is 0.393 e. The van der Waals surface area contributed by atoms with Crippen LogP contribution in [0.1, 0.15) is 47.3 Å². The van der Waals surface area contributed by atoms with Crippen molar-refractivity contribution in [2.45, 2.75) is 25.7 Å². The summed E-state index contributed by atoms with van der Waals surface area (Å²) >= 11 is 0. The SMILES string of the molecule is C[C@H](O)c1nccn1Cc1cc(-c2ccc(C#Cc3ccc(C(O)CO)cc3)cc2)on1. The third-order valence-electron chi connectivity index (χ3n) is 5.00. The number of imidazole rings is 1. The summed E-state index contributed by atoms with van der Waals surface area (Å²) in [5.74, 6) is 7.43. The first kappa shape index (κ1) is 21.5. The standard InChI is InChI=1S/C25H23N3O4/c1-17(30)25-26-12-13-28(25)15-22-14-24(32-27-22)21-10-6-19(7-11-21)3-2-18-4-8-20(9-5-18)23(31)16-29/h4-14,17,23,29-31H,15-16H2,1H3/t17-,23?/m0/s1. The van der Waals surface area contributed by atoms with Gasteiger partial charge in [-0.3, -0.25) is 0 Å². The number of benzene rings is 2. The summed E-state index contributed by atoms with van der Waals surface area (Å²) in [4.78, 5) is 4.16. The third-order valence-corrected chi connectivity index (χ3v) is 5.00. The van der Waals surface area contributed by atoms with Gasteiger partial charge < -0.3 is 24.4 Å². The molecule has 162 valence electrons. The molecule has 0 aliphatic carbocycles. The van der Waals surface area contributed by atoms with Gasteiger partial charge in [-0.25, -0.2) is 4.98 Å². The molecule has 0 aliphatic rings. The van der Waals surface area contributed by atoms with Crippen molar-refractivity contribution in [2.24, 2.45) is 0 Å². The number of nitrogens with zero attached hydrogens (tertiary/aromatic N) is 3. The van der Waals surface area contributed by atoms with Gasteiger partial charge in [0.05, 0.1) is 13.2 Å². The number of aromatic nitrogens is 3. The van der Waals surface area contributed by atoms with E-state index in [0.29, 0.717) is 23.7 Å². The first-order valence-corrected chi connectivity index (χ1v) is 10.2. The molecule has 4 aromatic rings. The van der Waals surface area contributed by atoms with E-state index >= 15 is 0 Å². The molecule has 0 spiro atoms. The lowest BCUT2D eigenvalue weighted by Gasteiger charge is -2.07. The Hall–Kier alpha value is -3.70. The second-order valence-electron chi connectivity index (χ2n) is 7.42. The Morgan fingerprint density at radius 1 is 1.00 bits per heavy atom. The Balaban J connectivity index is 1.43. The summed E-state index contributed by atoms with van der Waals surface area (Å²) in [6.45, 7) is 1.83. The zero-order chi connectivity index (χ0) is 22.5. The molecule has 7 heteroatoms. The van der Waals surface area contributed by atoms with Crippen LogP contribution in [-0.4, -0.2) is 36.6 Å². The van der Waals surface area contributed by atoms with E-state index in [1.54, 1.807) is 31.5 Å². The molecule has 7 nitrogen and oxygen atoms in total. The molecule has 0 fully saturated rings. The van der Waals surface area contributed by atoms with Gasteiger partial charge in [0, 0.05) is 35.2 Å². The average Bonchev–Trinajstić information content (AvgIpc) is 3.48.